The van der Waals surface area contributed by atoms with Crippen LogP contribution in [0, 0.1) is 6.92 Å². The van der Waals surface area contributed by atoms with Crippen molar-refractivity contribution in [3.05, 3.63) is 95.4 Å². The average molecular weight is 487 g/mol. The van der Waals surface area contributed by atoms with Gasteiger partial charge in [-0.1, -0.05) is 24.3 Å². The van der Waals surface area contributed by atoms with E-state index < -0.39 is 0 Å². The van der Waals surface area contributed by atoms with Gasteiger partial charge in [-0.05, 0) is 67.9 Å². The number of aromatic nitrogens is 1. The average Bonchev–Trinajstić information content (AvgIpc) is 3.28. The maximum absolute atomic E-state index is 12.8. The molecule has 1 aliphatic rings. The second kappa shape index (κ2) is 10.3. The number of hydrogen-bond donors (Lipinski definition) is 1. The number of nitrogens with zero attached hydrogens (tertiary/aromatic N) is 1. The lowest BCUT2D eigenvalue weighted by molar-refractivity contribution is 0.0939. The van der Waals surface area contributed by atoms with Crippen LogP contribution in [-0.2, 0) is 5.75 Å². The van der Waals surface area contributed by atoms with Gasteiger partial charge in [-0.15, -0.1) is 11.8 Å². The van der Waals surface area contributed by atoms with E-state index in [1.807, 2.05) is 62.4 Å². The first kappa shape index (κ1) is 23.1. The van der Waals surface area contributed by atoms with E-state index in [0.717, 1.165) is 34.1 Å². The molecule has 4 aromatic rings. The number of hydrogen-bond acceptors (Lipinski definition) is 6. The van der Waals surface area contributed by atoms with E-state index in [9.17, 15) is 4.79 Å². The van der Waals surface area contributed by atoms with Crippen molar-refractivity contribution in [3.63, 3.8) is 0 Å². The third-order valence-electron chi connectivity index (χ3n) is 5.82. The molecule has 1 N–H and O–H groups in total. The number of benzene rings is 3. The van der Waals surface area contributed by atoms with Crippen molar-refractivity contribution in [2.45, 2.75) is 30.5 Å². The molecule has 35 heavy (non-hydrogen) atoms. The summed E-state index contributed by atoms with van der Waals surface area (Å²) >= 11 is 1.72. The Kier molecular flexibility index (Phi) is 6.77. The number of carbonyl (C=O) groups excluding carboxylic acids is 1. The lowest BCUT2D eigenvalue weighted by atomic mass is 10.1. The molecule has 1 aliphatic heterocycles. The molecule has 0 spiro atoms. The highest BCUT2D eigenvalue weighted by Crippen LogP contribution is 2.33. The van der Waals surface area contributed by atoms with Crippen molar-refractivity contribution in [2.24, 2.45) is 0 Å². The summed E-state index contributed by atoms with van der Waals surface area (Å²) in [6, 6.07) is 23.1. The van der Waals surface area contributed by atoms with Gasteiger partial charge >= 0.3 is 0 Å². The Balaban J connectivity index is 1.23. The minimum atomic E-state index is -0.183. The Morgan fingerprint density at radius 3 is 2.51 bits per heavy atom. The Morgan fingerprint density at radius 1 is 1.00 bits per heavy atom. The van der Waals surface area contributed by atoms with E-state index in [4.69, 9.17) is 13.9 Å². The van der Waals surface area contributed by atoms with Crippen LogP contribution in [-0.4, -0.2) is 24.1 Å². The maximum Gasteiger partial charge on any atom is 0.251 e. The second-order valence-corrected chi connectivity index (χ2v) is 9.35. The number of oxazole rings is 1. The summed E-state index contributed by atoms with van der Waals surface area (Å²) in [7, 11) is 0. The molecule has 0 fully saturated rings. The molecule has 0 saturated heterocycles. The van der Waals surface area contributed by atoms with Crippen molar-refractivity contribution >= 4 is 17.7 Å². The van der Waals surface area contributed by atoms with Crippen LogP contribution in [0.2, 0.25) is 0 Å². The number of thioether (sulfide) groups is 1. The number of nitrogens with one attached hydrogen (secondary N) is 1. The van der Waals surface area contributed by atoms with E-state index in [-0.39, 0.29) is 11.9 Å². The second-order valence-electron chi connectivity index (χ2n) is 8.30. The molecule has 2 heterocycles. The van der Waals surface area contributed by atoms with Crippen molar-refractivity contribution in [1.82, 2.24) is 10.3 Å². The SMILES string of the molecule is Cc1oc(-c2ccc(C(=O)N[C@H](C)c3ccc4c(c3)OCCO4)cc2)nc1CSc1ccccc1. The molecule has 1 aromatic heterocycles. The van der Waals surface area contributed by atoms with Gasteiger partial charge in [0.25, 0.3) is 5.91 Å². The fourth-order valence-corrected chi connectivity index (χ4v) is 4.73. The smallest absolute Gasteiger partial charge is 0.251 e. The zero-order valence-electron chi connectivity index (χ0n) is 19.6. The van der Waals surface area contributed by atoms with Crippen LogP contribution in [0.5, 0.6) is 11.5 Å². The lowest BCUT2D eigenvalue weighted by Gasteiger charge is -2.21. The molecular weight excluding hydrogens is 460 g/mol. The predicted molar refractivity (Wildman–Crippen MR) is 136 cm³/mol. The summed E-state index contributed by atoms with van der Waals surface area (Å²) in [5.74, 6) is 3.39. The van der Waals surface area contributed by atoms with Crippen LogP contribution in [0.25, 0.3) is 11.5 Å². The van der Waals surface area contributed by atoms with Crippen molar-refractivity contribution in [2.75, 3.05) is 13.2 Å². The summed E-state index contributed by atoms with van der Waals surface area (Å²) in [6.45, 7) is 4.96. The van der Waals surface area contributed by atoms with E-state index in [0.29, 0.717) is 30.4 Å². The van der Waals surface area contributed by atoms with E-state index in [1.165, 1.54) is 4.90 Å². The molecule has 7 heteroatoms. The Hall–Kier alpha value is -3.71. The summed E-state index contributed by atoms with van der Waals surface area (Å²) in [6.07, 6.45) is 0. The number of aryl methyl sites for hydroxylation is 1. The Labute approximate surface area is 208 Å². The van der Waals surface area contributed by atoms with Gasteiger partial charge in [-0.25, -0.2) is 4.98 Å². The van der Waals surface area contributed by atoms with Crippen LogP contribution in [0.15, 0.2) is 82.1 Å². The Morgan fingerprint density at radius 2 is 1.74 bits per heavy atom. The maximum atomic E-state index is 12.8. The molecule has 0 bridgehead atoms. The zero-order chi connectivity index (χ0) is 24.2. The first-order chi connectivity index (χ1) is 17.1. The summed E-state index contributed by atoms with van der Waals surface area (Å²) < 4.78 is 17.1. The normalized spacial score (nSPS) is 13.3. The van der Waals surface area contributed by atoms with Gasteiger partial charge in [0.2, 0.25) is 5.89 Å². The molecule has 1 amide bonds. The van der Waals surface area contributed by atoms with E-state index in [2.05, 4.69) is 22.4 Å². The van der Waals surface area contributed by atoms with Gasteiger partial charge in [0, 0.05) is 21.8 Å². The molecular formula is C28H26N2O4S. The van der Waals surface area contributed by atoms with Crippen LogP contribution in [0.1, 0.15) is 40.3 Å². The van der Waals surface area contributed by atoms with Crippen LogP contribution in [0.3, 0.4) is 0 Å². The summed E-state index contributed by atoms with van der Waals surface area (Å²) in [5, 5.41) is 3.05. The molecule has 0 aliphatic carbocycles. The van der Waals surface area contributed by atoms with Gasteiger partial charge in [0.05, 0.1) is 11.7 Å². The number of fused-ring (bicyclic) bond motifs is 1. The van der Waals surface area contributed by atoms with E-state index in [1.54, 1.807) is 23.9 Å². The topological polar surface area (TPSA) is 73.6 Å². The van der Waals surface area contributed by atoms with Gasteiger partial charge in [-0.2, -0.15) is 0 Å². The first-order valence-corrected chi connectivity index (χ1v) is 12.5. The van der Waals surface area contributed by atoms with Gasteiger partial charge in [0.1, 0.15) is 19.0 Å². The van der Waals surface area contributed by atoms with Crippen molar-refractivity contribution < 1.29 is 18.7 Å². The fourth-order valence-electron chi connectivity index (χ4n) is 3.81. The predicted octanol–water partition coefficient (Wildman–Crippen LogP) is 6.20. The minimum absolute atomic E-state index is 0.150. The Bertz CT molecular complexity index is 1320. The molecule has 0 unspecified atom stereocenters. The lowest BCUT2D eigenvalue weighted by Crippen LogP contribution is -2.26. The van der Waals surface area contributed by atoms with Crippen molar-refractivity contribution in [1.29, 1.82) is 0 Å². The highest BCUT2D eigenvalue weighted by atomic mass is 32.2. The fraction of sp³-hybridized carbons (Fsp3) is 0.214. The third-order valence-corrected chi connectivity index (χ3v) is 6.84. The molecule has 0 radical (unpaired) electrons. The molecule has 3 aromatic carbocycles. The molecule has 5 rings (SSSR count). The highest BCUT2D eigenvalue weighted by molar-refractivity contribution is 7.98. The largest absolute Gasteiger partial charge is 0.486 e. The standard InChI is InChI=1S/C28H26N2O4S/c1-18(22-12-13-25-26(16-22)33-15-14-32-25)29-27(31)20-8-10-21(11-9-20)28-30-24(19(2)34-28)17-35-23-6-4-3-5-7-23/h3-13,16,18H,14-15,17H2,1-2H3,(H,29,31)/t18-/m1/s1. The van der Waals surface area contributed by atoms with E-state index >= 15 is 0 Å². The molecule has 178 valence electrons. The van der Waals surface area contributed by atoms with Crippen LogP contribution >= 0.6 is 11.8 Å². The number of amides is 1. The minimum Gasteiger partial charge on any atom is -0.486 e. The van der Waals surface area contributed by atoms with Crippen molar-refractivity contribution in [3.8, 4) is 23.0 Å². The molecule has 6 nitrogen and oxygen atoms in total. The number of ether oxygens (including phenoxy) is 2. The quantitative estimate of drug-likeness (QED) is 0.313. The van der Waals surface area contributed by atoms with Crippen LogP contribution in [0.4, 0.5) is 0 Å². The van der Waals surface area contributed by atoms with Gasteiger partial charge in [0.15, 0.2) is 11.5 Å². The summed E-state index contributed by atoms with van der Waals surface area (Å²) in [4.78, 5) is 18.7. The van der Waals surface area contributed by atoms with Gasteiger partial charge < -0.3 is 19.2 Å². The van der Waals surface area contributed by atoms with Gasteiger partial charge in [-0.3, -0.25) is 4.79 Å². The van der Waals surface area contributed by atoms with Crippen LogP contribution < -0.4 is 14.8 Å². The monoisotopic (exact) mass is 486 g/mol. The first-order valence-electron chi connectivity index (χ1n) is 11.5. The highest BCUT2D eigenvalue weighted by Gasteiger charge is 2.17. The molecule has 1 atom stereocenters. The summed E-state index contributed by atoms with van der Waals surface area (Å²) in [5.41, 5.74) is 3.28. The molecule has 0 saturated carbocycles. The number of carbonyl (C=O) groups is 1. The zero-order valence-corrected chi connectivity index (χ0v) is 20.4. The number of rotatable bonds is 7. The third kappa shape index (κ3) is 5.35.